The van der Waals surface area contributed by atoms with Crippen LogP contribution in [0.5, 0.6) is 0 Å². The molecule has 3 N–H and O–H groups in total. The van der Waals surface area contributed by atoms with Crippen molar-refractivity contribution < 1.29 is 27.7 Å². The van der Waals surface area contributed by atoms with Crippen LogP contribution in [0, 0.1) is 16.0 Å². The number of thiazole rings is 1. The summed E-state index contributed by atoms with van der Waals surface area (Å²) in [5.74, 6) is -2.35. The van der Waals surface area contributed by atoms with E-state index in [9.17, 15) is 37.7 Å². The quantitative estimate of drug-likeness (QED) is 0.241. The summed E-state index contributed by atoms with van der Waals surface area (Å²) < 4.78 is 24.1. The highest BCUT2D eigenvalue weighted by atomic mass is 32.2. The molecule has 1 saturated heterocycles. The highest BCUT2D eigenvalue weighted by Crippen LogP contribution is 2.54. The van der Waals surface area contributed by atoms with Gasteiger partial charge >= 0.3 is 4.87 Å². The molecule has 0 bridgehead atoms. The van der Waals surface area contributed by atoms with Crippen molar-refractivity contribution in [3.8, 4) is 0 Å². The molecule has 16 heteroatoms. The van der Waals surface area contributed by atoms with Crippen LogP contribution in [0.4, 0.5) is 17.1 Å². The average molecular weight is 604 g/mol. The summed E-state index contributed by atoms with van der Waals surface area (Å²) in [7, 11) is -3.90. The van der Waals surface area contributed by atoms with Gasteiger partial charge in [0, 0.05) is 28.1 Å². The number of aromatic nitrogens is 1. The second kappa shape index (κ2) is 9.65. The minimum atomic E-state index is -3.90. The van der Waals surface area contributed by atoms with Crippen molar-refractivity contribution in [3.63, 3.8) is 0 Å². The summed E-state index contributed by atoms with van der Waals surface area (Å²) in [5.41, 5.74) is -0.611. The van der Waals surface area contributed by atoms with Gasteiger partial charge in [0.05, 0.1) is 26.5 Å². The molecule has 13 nitrogen and oxygen atoms in total. The number of imide groups is 1. The molecular weight excluding hydrogens is 582 g/mol. The van der Waals surface area contributed by atoms with E-state index in [1.54, 1.807) is 13.8 Å². The van der Waals surface area contributed by atoms with Crippen molar-refractivity contribution in [3.05, 3.63) is 73.2 Å². The van der Waals surface area contributed by atoms with Crippen LogP contribution in [0.2, 0.25) is 0 Å². The van der Waals surface area contributed by atoms with Crippen molar-refractivity contribution in [2.24, 2.45) is 11.1 Å². The molecule has 1 aromatic heterocycles. The lowest BCUT2D eigenvalue weighted by atomic mass is 9.76. The van der Waals surface area contributed by atoms with Gasteiger partial charge < -0.3 is 5.32 Å². The SMILES string of the molecule is CC1(C)c2sc(=O)n(CC(=O)Nc3ccc(S(N)(=O)=O)cc3)c2SC2C(=O)N(c3ccc([N+](=O)[O-])cc3)C(=O)C21. The molecule has 3 heterocycles. The third kappa shape index (κ3) is 4.61. The minimum Gasteiger partial charge on any atom is -0.325 e. The van der Waals surface area contributed by atoms with Gasteiger partial charge in [-0.15, -0.1) is 0 Å². The van der Waals surface area contributed by atoms with Gasteiger partial charge in [0.1, 0.15) is 11.8 Å². The number of sulfonamides is 1. The number of fused-ring (bicyclic) bond motifs is 2. The first-order valence-corrected chi connectivity index (χ1v) is 14.9. The molecule has 0 saturated carbocycles. The number of non-ortho nitro benzene ring substituents is 1. The fourth-order valence-electron chi connectivity index (χ4n) is 4.82. The summed E-state index contributed by atoms with van der Waals surface area (Å²) in [6, 6.07) is 10.3. The zero-order valence-electron chi connectivity index (χ0n) is 20.9. The molecule has 40 heavy (non-hydrogen) atoms. The molecule has 3 amide bonds. The zero-order valence-corrected chi connectivity index (χ0v) is 23.3. The van der Waals surface area contributed by atoms with Gasteiger partial charge in [-0.05, 0) is 36.4 Å². The van der Waals surface area contributed by atoms with Crippen molar-refractivity contribution in [2.45, 2.75) is 41.0 Å². The van der Waals surface area contributed by atoms with Crippen molar-refractivity contribution in [2.75, 3.05) is 10.2 Å². The van der Waals surface area contributed by atoms with Crippen molar-refractivity contribution in [1.82, 2.24) is 4.57 Å². The Morgan fingerprint density at radius 3 is 2.27 bits per heavy atom. The maximum atomic E-state index is 13.5. The number of nitrogens with one attached hydrogen (secondary N) is 1. The van der Waals surface area contributed by atoms with E-state index in [1.807, 2.05) is 0 Å². The summed E-state index contributed by atoms with van der Waals surface area (Å²) >= 11 is 1.94. The molecule has 0 aliphatic carbocycles. The van der Waals surface area contributed by atoms with Crippen LogP contribution >= 0.6 is 23.1 Å². The van der Waals surface area contributed by atoms with Gasteiger partial charge in [0.2, 0.25) is 27.7 Å². The van der Waals surface area contributed by atoms with E-state index in [4.69, 9.17) is 5.14 Å². The number of primary sulfonamides is 1. The number of nitrogens with zero attached hydrogens (tertiary/aromatic N) is 3. The van der Waals surface area contributed by atoms with Gasteiger partial charge in [0.15, 0.2) is 0 Å². The number of hydrogen-bond acceptors (Lipinski definition) is 10. The van der Waals surface area contributed by atoms with Crippen LogP contribution in [-0.4, -0.2) is 40.9 Å². The Morgan fingerprint density at radius 1 is 1.07 bits per heavy atom. The first-order chi connectivity index (χ1) is 18.7. The number of nitro groups is 1. The van der Waals surface area contributed by atoms with E-state index in [2.05, 4.69) is 5.32 Å². The van der Waals surface area contributed by atoms with Crippen LogP contribution in [-0.2, 0) is 36.4 Å². The molecule has 0 radical (unpaired) electrons. The van der Waals surface area contributed by atoms with Crippen LogP contribution in [0.3, 0.4) is 0 Å². The van der Waals surface area contributed by atoms with Crippen LogP contribution in [0.1, 0.15) is 18.7 Å². The monoisotopic (exact) mass is 603 g/mol. The number of amides is 3. The lowest BCUT2D eigenvalue weighted by Crippen LogP contribution is -2.41. The predicted molar refractivity (Wildman–Crippen MR) is 147 cm³/mol. The van der Waals surface area contributed by atoms with E-state index in [1.165, 1.54) is 53.1 Å². The molecule has 2 aliphatic heterocycles. The maximum Gasteiger partial charge on any atom is 0.308 e. The number of carbonyl (C=O) groups excluding carboxylic acids is 3. The summed E-state index contributed by atoms with van der Waals surface area (Å²) in [6.45, 7) is 3.15. The lowest BCUT2D eigenvalue weighted by molar-refractivity contribution is -0.384. The topological polar surface area (TPSA) is 192 Å². The number of nitro benzene ring substituents is 1. The first-order valence-electron chi connectivity index (χ1n) is 11.7. The molecule has 2 aliphatic rings. The normalized spacial score (nSPS) is 19.7. The Kier molecular flexibility index (Phi) is 6.68. The Bertz CT molecular complexity index is 1740. The van der Waals surface area contributed by atoms with E-state index < -0.39 is 54.1 Å². The fraction of sp³-hybridized carbons (Fsp3) is 0.250. The minimum absolute atomic E-state index is 0.125. The Balaban J connectivity index is 1.41. The average Bonchev–Trinajstić information content (AvgIpc) is 3.32. The Labute approximate surface area is 235 Å². The van der Waals surface area contributed by atoms with Crippen molar-refractivity contribution >= 4 is 67.9 Å². The van der Waals surface area contributed by atoms with Crippen LogP contribution in [0.25, 0.3) is 0 Å². The first kappa shape index (κ1) is 27.7. The highest BCUT2D eigenvalue weighted by molar-refractivity contribution is 8.00. The number of carbonyl (C=O) groups is 3. The summed E-state index contributed by atoms with van der Waals surface area (Å²) in [6.07, 6.45) is 0. The molecule has 3 aromatic rings. The number of hydrogen-bond donors (Lipinski definition) is 2. The zero-order chi connectivity index (χ0) is 29.1. The van der Waals surface area contributed by atoms with E-state index in [-0.39, 0.29) is 28.5 Å². The van der Waals surface area contributed by atoms with Crippen molar-refractivity contribution in [1.29, 1.82) is 0 Å². The second-order valence-electron chi connectivity index (χ2n) is 9.73. The number of benzene rings is 2. The Hall–Kier alpha value is -3.86. The fourth-order valence-corrected chi connectivity index (χ4v) is 8.37. The summed E-state index contributed by atoms with van der Waals surface area (Å²) in [4.78, 5) is 64.3. The third-order valence-corrected chi connectivity index (χ3v) is 10.5. The number of nitrogens with two attached hydrogens (primary N) is 1. The van der Waals surface area contributed by atoms with E-state index in [0.29, 0.717) is 9.90 Å². The molecule has 0 spiro atoms. The molecule has 2 unspecified atom stereocenters. The van der Waals surface area contributed by atoms with E-state index >= 15 is 0 Å². The molecule has 208 valence electrons. The molecule has 2 atom stereocenters. The highest BCUT2D eigenvalue weighted by Gasteiger charge is 2.59. The second-order valence-corrected chi connectivity index (χ2v) is 13.4. The van der Waals surface area contributed by atoms with E-state index in [0.717, 1.165) is 28.0 Å². The molecule has 5 rings (SSSR count). The standard InChI is InChI=1S/C24H21N5O8S3/c1-24(2)17-18(21(32)28(20(17)31)13-5-7-14(8-6-13)29(34)35)38-22-19(24)39-23(33)27(22)11-16(30)26-12-3-9-15(10-4-12)40(25,36)37/h3-10,17-18H,11H2,1-2H3,(H,26,30)(H2,25,36,37). The summed E-state index contributed by atoms with van der Waals surface area (Å²) in [5, 5.41) is 18.2. The smallest absolute Gasteiger partial charge is 0.308 e. The van der Waals surface area contributed by atoms with Gasteiger partial charge in [0.25, 0.3) is 5.69 Å². The third-order valence-electron chi connectivity index (χ3n) is 6.79. The van der Waals surface area contributed by atoms with Gasteiger partial charge in [-0.25, -0.2) is 18.5 Å². The van der Waals surface area contributed by atoms with Crippen LogP contribution < -0.4 is 20.2 Å². The maximum absolute atomic E-state index is 13.5. The number of anilines is 2. The predicted octanol–water partition coefficient (Wildman–Crippen LogP) is 2.05. The van der Waals surface area contributed by atoms with Gasteiger partial charge in [-0.2, -0.15) is 0 Å². The van der Waals surface area contributed by atoms with Crippen LogP contribution in [0.15, 0.2) is 63.2 Å². The number of rotatable bonds is 6. The van der Waals surface area contributed by atoms with Gasteiger partial charge in [-0.3, -0.25) is 33.9 Å². The van der Waals surface area contributed by atoms with Gasteiger partial charge in [-0.1, -0.05) is 36.9 Å². The number of thioether (sulfide) groups is 1. The molecule has 1 fully saturated rings. The Morgan fingerprint density at radius 2 is 1.70 bits per heavy atom. The lowest BCUT2D eigenvalue weighted by Gasteiger charge is -2.36. The largest absolute Gasteiger partial charge is 0.325 e. The molecular formula is C24H21N5O8S3. The molecule has 2 aromatic carbocycles.